The van der Waals surface area contributed by atoms with Crippen molar-refractivity contribution in [1.82, 2.24) is 30.5 Å². The number of benzene rings is 1. The highest BCUT2D eigenvalue weighted by atomic mass is 127. The van der Waals surface area contributed by atoms with E-state index in [2.05, 4.69) is 48.2 Å². The molecule has 0 bridgehead atoms. The second kappa shape index (κ2) is 13.5. The zero-order chi connectivity index (χ0) is 22.4. The molecule has 178 valence electrons. The molecule has 0 radical (unpaired) electrons. The zero-order valence-corrected chi connectivity index (χ0v) is 21.7. The number of fused-ring (bicyclic) bond motifs is 1. The second-order valence-electron chi connectivity index (χ2n) is 6.79. The first-order valence-electron chi connectivity index (χ1n) is 9.74. The lowest BCUT2D eigenvalue weighted by Gasteiger charge is -2.28. The molecule has 0 saturated carbocycles. The predicted molar refractivity (Wildman–Crippen MR) is 137 cm³/mol. The van der Waals surface area contributed by atoms with Crippen LogP contribution in [0.5, 0.6) is 0 Å². The number of nitrogens with zero attached hydrogens (tertiary/aromatic N) is 4. The Morgan fingerprint density at radius 1 is 1.12 bits per heavy atom. The molecule has 1 aromatic carbocycles. The van der Waals surface area contributed by atoms with Gasteiger partial charge in [-0.2, -0.15) is 4.39 Å². The number of rotatable bonds is 8. The lowest BCUT2D eigenvalue weighted by atomic mass is 10.2. The first-order chi connectivity index (χ1) is 14.9. The largest absolute Gasteiger partial charge is 0.349 e. The van der Waals surface area contributed by atoms with Gasteiger partial charge in [-0.1, -0.05) is 6.92 Å². The fourth-order valence-electron chi connectivity index (χ4n) is 3.03. The maximum atomic E-state index is 13.2. The van der Waals surface area contributed by atoms with Gasteiger partial charge < -0.3 is 10.6 Å². The van der Waals surface area contributed by atoms with E-state index in [1.54, 1.807) is 0 Å². The SMILES string of the molecule is CCN(CCNC(=O)c1cnc2cc(I)ccc2n1)C(C)NC(=O)c1ccnc(F)c1.Cl.Cl. The highest BCUT2D eigenvalue weighted by molar-refractivity contribution is 14.1. The Morgan fingerprint density at radius 3 is 2.58 bits per heavy atom. The van der Waals surface area contributed by atoms with Crippen molar-refractivity contribution in [2.24, 2.45) is 0 Å². The number of amides is 2. The quantitative estimate of drug-likeness (QED) is 0.231. The molecule has 0 aliphatic heterocycles. The number of carbonyl (C=O) groups excluding carboxylic acids is 2. The minimum Gasteiger partial charge on any atom is -0.349 e. The van der Waals surface area contributed by atoms with E-state index in [4.69, 9.17) is 0 Å². The van der Waals surface area contributed by atoms with E-state index in [1.165, 1.54) is 18.5 Å². The molecule has 2 aromatic heterocycles. The average Bonchev–Trinajstić information content (AvgIpc) is 2.76. The minimum atomic E-state index is -0.707. The van der Waals surface area contributed by atoms with Gasteiger partial charge in [-0.05, 0) is 60.3 Å². The van der Waals surface area contributed by atoms with Gasteiger partial charge in [0.15, 0.2) is 0 Å². The van der Waals surface area contributed by atoms with E-state index in [-0.39, 0.29) is 48.1 Å². The molecule has 8 nitrogen and oxygen atoms in total. The molecule has 0 aliphatic carbocycles. The van der Waals surface area contributed by atoms with E-state index in [0.717, 1.165) is 15.2 Å². The maximum Gasteiger partial charge on any atom is 0.271 e. The normalized spacial score (nSPS) is 11.3. The molecule has 33 heavy (non-hydrogen) atoms. The zero-order valence-electron chi connectivity index (χ0n) is 17.9. The van der Waals surface area contributed by atoms with E-state index >= 15 is 0 Å². The summed E-state index contributed by atoms with van der Waals surface area (Å²) in [6.45, 7) is 5.30. The molecule has 1 unspecified atom stereocenters. The van der Waals surface area contributed by atoms with E-state index in [0.29, 0.717) is 25.2 Å². The third-order valence-corrected chi connectivity index (χ3v) is 5.38. The number of hydrogen-bond donors (Lipinski definition) is 2. The Kier molecular flexibility index (Phi) is 11.8. The Balaban J connectivity index is 0.00000272. The van der Waals surface area contributed by atoms with E-state index < -0.39 is 11.9 Å². The Hall–Kier alpha value is -2.15. The number of halogens is 4. The average molecular weight is 609 g/mol. The van der Waals surface area contributed by atoms with Crippen LogP contribution in [0.3, 0.4) is 0 Å². The molecular weight excluding hydrogens is 585 g/mol. The van der Waals surface area contributed by atoms with Crippen molar-refractivity contribution < 1.29 is 14.0 Å². The molecule has 0 spiro atoms. The highest BCUT2D eigenvalue weighted by Crippen LogP contribution is 2.13. The van der Waals surface area contributed by atoms with Crippen LogP contribution in [0.2, 0.25) is 0 Å². The van der Waals surface area contributed by atoms with Crippen LogP contribution < -0.4 is 10.6 Å². The van der Waals surface area contributed by atoms with Crippen LogP contribution in [0.4, 0.5) is 4.39 Å². The molecule has 1 atom stereocenters. The third kappa shape index (κ3) is 7.98. The fourth-order valence-corrected chi connectivity index (χ4v) is 3.51. The molecule has 3 aromatic rings. The minimum absolute atomic E-state index is 0. The van der Waals surface area contributed by atoms with Gasteiger partial charge in [0, 0.05) is 34.5 Å². The summed E-state index contributed by atoms with van der Waals surface area (Å²) in [6, 6.07) is 8.18. The molecule has 0 saturated heterocycles. The number of nitrogens with one attached hydrogen (secondary N) is 2. The molecule has 2 heterocycles. The topological polar surface area (TPSA) is 100 Å². The van der Waals surface area contributed by atoms with Gasteiger partial charge >= 0.3 is 0 Å². The molecule has 2 N–H and O–H groups in total. The van der Waals surface area contributed by atoms with Crippen molar-refractivity contribution in [3.63, 3.8) is 0 Å². The smallest absolute Gasteiger partial charge is 0.271 e. The summed E-state index contributed by atoms with van der Waals surface area (Å²) in [5, 5.41) is 5.66. The summed E-state index contributed by atoms with van der Waals surface area (Å²) in [5.41, 5.74) is 1.84. The van der Waals surface area contributed by atoms with Crippen molar-refractivity contribution in [2.45, 2.75) is 20.0 Å². The summed E-state index contributed by atoms with van der Waals surface area (Å²) in [5.74, 6) is -1.41. The van der Waals surface area contributed by atoms with Crippen molar-refractivity contribution in [3.8, 4) is 0 Å². The van der Waals surface area contributed by atoms with Crippen LogP contribution >= 0.6 is 47.4 Å². The van der Waals surface area contributed by atoms with Gasteiger partial charge in [0.2, 0.25) is 5.95 Å². The van der Waals surface area contributed by atoms with Crippen molar-refractivity contribution in [2.75, 3.05) is 19.6 Å². The van der Waals surface area contributed by atoms with Crippen LogP contribution in [0.1, 0.15) is 34.7 Å². The third-order valence-electron chi connectivity index (χ3n) is 4.70. The number of hydrogen-bond acceptors (Lipinski definition) is 6. The highest BCUT2D eigenvalue weighted by Gasteiger charge is 2.17. The van der Waals surface area contributed by atoms with E-state index in [1.807, 2.05) is 36.9 Å². The van der Waals surface area contributed by atoms with E-state index in [9.17, 15) is 14.0 Å². The summed E-state index contributed by atoms with van der Waals surface area (Å²) < 4.78 is 14.3. The van der Waals surface area contributed by atoms with Crippen LogP contribution in [-0.2, 0) is 0 Å². The maximum absolute atomic E-state index is 13.2. The van der Waals surface area contributed by atoms with Gasteiger partial charge in [-0.15, -0.1) is 24.8 Å². The number of aromatic nitrogens is 3. The molecule has 2 amide bonds. The lowest BCUT2D eigenvalue weighted by molar-refractivity contribution is 0.0855. The molecular formula is C21H24Cl2FIN6O2. The number of pyridine rings is 1. The monoisotopic (exact) mass is 608 g/mol. The molecule has 0 aliphatic rings. The van der Waals surface area contributed by atoms with Crippen molar-refractivity contribution in [3.05, 3.63) is 63.5 Å². The summed E-state index contributed by atoms with van der Waals surface area (Å²) in [7, 11) is 0. The van der Waals surface area contributed by atoms with Crippen molar-refractivity contribution >= 4 is 70.3 Å². The Morgan fingerprint density at radius 2 is 1.88 bits per heavy atom. The number of carbonyl (C=O) groups is 2. The molecule has 0 fully saturated rings. The lowest BCUT2D eigenvalue weighted by Crippen LogP contribution is -2.48. The standard InChI is InChI=1S/C21H22FIN6O2.2ClH/c1-3-29(13(2)27-20(30)14-6-7-24-19(22)10-14)9-8-25-21(31)18-12-26-17-11-15(23)4-5-16(17)28-18;;/h4-7,10-13H,3,8-9H2,1-2H3,(H,25,31)(H,27,30);2*1H. The van der Waals surface area contributed by atoms with Crippen LogP contribution in [0.15, 0.2) is 42.7 Å². The first-order valence-corrected chi connectivity index (χ1v) is 10.8. The fraction of sp³-hybridized carbons (Fsp3) is 0.286. The van der Waals surface area contributed by atoms with Crippen LogP contribution in [-0.4, -0.2) is 57.5 Å². The van der Waals surface area contributed by atoms with Gasteiger partial charge in [-0.3, -0.25) is 19.5 Å². The molecule has 12 heteroatoms. The second-order valence-corrected chi connectivity index (χ2v) is 8.04. The summed E-state index contributed by atoms with van der Waals surface area (Å²) in [6.07, 6.45) is 2.40. The Bertz CT molecular complexity index is 1110. The molecule has 3 rings (SSSR count). The van der Waals surface area contributed by atoms with Gasteiger partial charge in [0.1, 0.15) is 5.69 Å². The van der Waals surface area contributed by atoms with Gasteiger partial charge in [-0.25, -0.2) is 9.97 Å². The summed E-state index contributed by atoms with van der Waals surface area (Å²) in [4.78, 5) is 38.8. The van der Waals surface area contributed by atoms with Gasteiger partial charge in [0.25, 0.3) is 11.8 Å². The van der Waals surface area contributed by atoms with Crippen molar-refractivity contribution in [1.29, 1.82) is 0 Å². The summed E-state index contributed by atoms with van der Waals surface area (Å²) >= 11 is 2.20. The van der Waals surface area contributed by atoms with Crippen LogP contribution in [0.25, 0.3) is 11.0 Å². The van der Waals surface area contributed by atoms with Gasteiger partial charge in [0.05, 0.1) is 23.4 Å². The van der Waals surface area contributed by atoms with Crippen LogP contribution in [0, 0.1) is 9.52 Å². The predicted octanol–water partition coefficient (Wildman–Crippen LogP) is 3.44. The first kappa shape index (κ1) is 28.9. The number of likely N-dealkylation sites (N-methyl/N-ethyl adjacent to an activating group) is 1. The Labute approximate surface area is 217 Å².